The Morgan fingerprint density at radius 3 is 2.56 bits per heavy atom. The summed E-state index contributed by atoms with van der Waals surface area (Å²) >= 11 is 0. The van der Waals surface area contributed by atoms with Crippen LogP contribution >= 0.6 is 0 Å². The SMILES string of the molecule is COCC(CNC(C)(C)C)N(C)C1CCOC1C. The van der Waals surface area contributed by atoms with Crippen LogP contribution in [0.1, 0.15) is 34.1 Å². The minimum atomic E-state index is 0.143. The molecule has 0 amide bonds. The number of nitrogens with one attached hydrogen (secondary N) is 1. The Labute approximate surface area is 112 Å². The highest BCUT2D eigenvalue weighted by molar-refractivity contribution is 4.86. The number of nitrogens with zero attached hydrogens (tertiary/aromatic N) is 1. The molecular weight excluding hydrogens is 228 g/mol. The van der Waals surface area contributed by atoms with Gasteiger partial charge >= 0.3 is 0 Å². The van der Waals surface area contributed by atoms with E-state index in [1.807, 2.05) is 0 Å². The van der Waals surface area contributed by atoms with Crippen molar-refractivity contribution in [1.82, 2.24) is 10.2 Å². The van der Waals surface area contributed by atoms with Crippen molar-refractivity contribution in [2.75, 3.05) is 33.9 Å². The van der Waals surface area contributed by atoms with Gasteiger partial charge in [-0.25, -0.2) is 0 Å². The molecule has 0 spiro atoms. The monoisotopic (exact) mass is 258 g/mol. The van der Waals surface area contributed by atoms with Gasteiger partial charge in [0.25, 0.3) is 0 Å². The lowest BCUT2D eigenvalue weighted by atomic mass is 10.1. The van der Waals surface area contributed by atoms with Crippen LogP contribution < -0.4 is 5.32 Å². The maximum absolute atomic E-state index is 5.66. The summed E-state index contributed by atoms with van der Waals surface area (Å²) < 4.78 is 11.0. The zero-order valence-electron chi connectivity index (χ0n) is 12.8. The molecule has 1 N–H and O–H groups in total. The molecule has 0 saturated carbocycles. The number of likely N-dealkylation sites (N-methyl/N-ethyl adjacent to an activating group) is 1. The van der Waals surface area contributed by atoms with Crippen molar-refractivity contribution < 1.29 is 9.47 Å². The molecule has 4 heteroatoms. The van der Waals surface area contributed by atoms with Gasteiger partial charge in [-0.3, -0.25) is 4.90 Å². The van der Waals surface area contributed by atoms with Crippen LogP contribution in [-0.4, -0.2) is 62.5 Å². The number of methoxy groups -OCH3 is 1. The molecule has 1 aliphatic heterocycles. The maximum Gasteiger partial charge on any atom is 0.0703 e. The van der Waals surface area contributed by atoms with E-state index >= 15 is 0 Å². The van der Waals surface area contributed by atoms with E-state index < -0.39 is 0 Å². The topological polar surface area (TPSA) is 33.7 Å². The van der Waals surface area contributed by atoms with Crippen molar-refractivity contribution in [3.8, 4) is 0 Å². The van der Waals surface area contributed by atoms with Gasteiger partial charge in [-0.2, -0.15) is 0 Å². The number of rotatable bonds is 6. The van der Waals surface area contributed by atoms with Crippen molar-refractivity contribution in [2.45, 2.75) is 57.8 Å². The molecule has 0 aromatic rings. The molecule has 3 unspecified atom stereocenters. The first-order valence-corrected chi connectivity index (χ1v) is 6.92. The predicted octanol–water partition coefficient (Wildman–Crippen LogP) is 1.50. The predicted molar refractivity (Wildman–Crippen MR) is 75.0 cm³/mol. The normalized spacial score (nSPS) is 26.8. The lowest BCUT2D eigenvalue weighted by Crippen LogP contribution is -2.52. The fourth-order valence-electron chi connectivity index (χ4n) is 2.46. The fourth-order valence-corrected chi connectivity index (χ4v) is 2.46. The highest BCUT2D eigenvalue weighted by Gasteiger charge is 2.32. The average Bonchev–Trinajstić information content (AvgIpc) is 2.68. The van der Waals surface area contributed by atoms with Crippen LogP contribution in [0.3, 0.4) is 0 Å². The summed E-state index contributed by atoms with van der Waals surface area (Å²) in [7, 11) is 3.95. The Bertz CT molecular complexity index is 240. The molecule has 1 aliphatic rings. The fraction of sp³-hybridized carbons (Fsp3) is 1.00. The van der Waals surface area contributed by atoms with Crippen LogP contribution in [0.4, 0.5) is 0 Å². The van der Waals surface area contributed by atoms with Crippen LogP contribution in [-0.2, 0) is 9.47 Å². The van der Waals surface area contributed by atoms with Crippen LogP contribution in [0.15, 0.2) is 0 Å². The first kappa shape index (κ1) is 15.9. The van der Waals surface area contributed by atoms with Gasteiger partial charge in [0.05, 0.1) is 12.7 Å². The summed E-state index contributed by atoms with van der Waals surface area (Å²) in [5, 5.41) is 3.56. The van der Waals surface area contributed by atoms with E-state index in [1.54, 1.807) is 7.11 Å². The van der Waals surface area contributed by atoms with Gasteiger partial charge in [0.1, 0.15) is 0 Å². The standard InChI is InChI=1S/C14H30N2O2/c1-11-13(7-8-18-11)16(5)12(10-17-6)9-15-14(2,3)4/h11-13,15H,7-10H2,1-6H3. The summed E-state index contributed by atoms with van der Waals surface area (Å²) in [5.41, 5.74) is 0.143. The third-order valence-corrected chi connectivity index (χ3v) is 3.66. The van der Waals surface area contributed by atoms with Crippen LogP contribution in [0.2, 0.25) is 0 Å². The summed E-state index contributed by atoms with van der Waals surface area (Å²) in [6.07, 6.45) is 1.44. The molecular formula is C14H30N2O2. The van der Waals surface area contributed by atoms with Crippen molar-refractivity contribution in [3.05, 3.63) is 0 Å². The molecule has 1 saturated heterocycles. The van der Waals surface area contributed by atoms with Gasteiger partial charge in [0, 0.05) is 37.9 Å². The van der Waals surface area contributed by atoms with Gasteiger partial charge in [0.2, 0.25) is 0 Å². The Hall–Kier alpha value is -0.160. The van der Waals surface area contributed by atoms with E-state index in [4.69, 9.17) is 9.47 Å². The molecule has 1 fully saturated rings. The van der Waals surface area contributed by atoms with E-state index in [-0.39, 0.29) is 5.54 Å². The summed E-state index contributed by atoms with van der Waals surface area (Å²) in [4.78, 5) is 2.42. The molecule has 0 bridgehead atoms. The van der Waals surface area contributed by atoms with Gasteiger partial charge in [-0.15, -0.1) is 0 Å². The molecule has 4 nitrogen and oxygen atoms in total. The third-order valence-electron chi connectivity index (χ3n) is 3.66. The van der Waals surface area contributed by atoms with E-state index in [0.717, 1.165) is 26.2 Å². The van der Waals surface area contributed by atoms with Crippen molar-refractivity contribution >= 4 is 0 Å². The number of hydrogen-bond donors (Lipinski definition) is 1. The van der Waals surface area contributed by atoms with Crippen molar-refractivity contribution in [3.63, 3.8) is 0 Å². The van der Waals surface area contributed by atoms with Crippen LogP contribution in [0.25, 0.3) is 0 Å². The Balaban J connectivity index is 2.54. The first-order valence-electron chi connectivity index (χ1n) is 6.92. The minimum Gasteiger partial charge on any atom is -0.383 e. The largest absolute Gasteiger partial charge is 0.383 e. The van der Waals surface area contributed by atoms with Gasteiger partial charge in [-0.05, 0) is 41.2 Å². The molecule has 0 aromatic carbocycles. The molecule has 1 rings (SSSR count). The molecule has 3 atom stereocenters. The number of hydrogen-bond acceptors (Lipinski definition) is 4. The van der Waals surface area contributed by atoms with Crippen molar-refractivity contribution in [2.24, 2.45) is 0 Å². The quantitative estimate of drug-likeness (QED) is 0.783. The Morgan fingerprint density at radius 2 is 2.11 bits per heavy atom. The lowest BCUT2D eigenvalue weighted by molar-refractivity contribution is 0.0386. The second kappa shape index (κ2) is 6.85. The summed E-state index contributed by atoms with van der Waals surface area (Å²) in [6.45, 7) is 11.3. The van der Waals surface area contributed by atoms with Crippen LogP contribution in [0.5, 0.6) is 0 Å². The van der Waals surface area contributed by atoms with Gasteiger partial charge < -0.3 is 14.8 Å². The third kappa shape index (κ3) is 4.84. The number of ether oxygens (including phenoxy) is 2. The lowest BCUT2D eigenvalue weighted by Gasteiger charge is -2.36. The zero-order chi connectivity index (χ0) is 13.8. The highest BCUT2D eigenvalue weighted by Crippen LogP contribution is 2.20. The van der Waals surface area contributed by atoms with Gasteiger partial charge in [-0.1, -0.05) is 0 Å². The Kier molecular flexibility index (Phi) is 6.05. The first-order chi connectivity index (χ1) is 8.35. The maximum atomic E-state index is 5.66. The Morgan fingerprint density at radius 1 is 1.44 bits per heavy atom. The molecule has 108 valence electrons. The molecule has 18 heavy (non-hydrogen) atoms. The average molecular weight is 258 g/mol. The van der Waals surface area contributed by atoms with Crippen molar-refractivity contribution in [1.29, 1.82) is 0 Å². The zero-order valence-corrected chi connectivity index (χ0v) is 12.8. The molecule has 0 aliphatic carbocycles. The smallest absolute Gasteiger partial charge is 0.0703 e. The van der Waals surface area contributed by atoms with E-state index in [1.165, 1.54) is 0 Å². The van der Waals surface area contributed by atoms with E-state index in [9.17, 15) is 0 Å². The highest BCUT2D eigenvalue weighted by atomic mass is 16.5. The minimum absolute atomic E-state index is 0.143. The second-order valence-corrected chi connectivity index (χ2v) is 6.34. The molecule has 1 heterocycles. The van der Waals surface area contributed by atoms with Crippen LogP contribution in [0, 0.1) is 0 Å². The summed E-state index contributed by atoms with van der Waals surface area (Å²) in [5.74, 6) is 0. The second-order valence-electron chi connectivity index (χ2n) is 6.34. The van der Waals surface area contributed by atoms with Gasteiger partial charge in [0.15, 0.2) is 0 Å². The van der Waals surface area contributed by atoms with E-state index in [0.29, 0.717) is 18.2 Å². The molecule has 0 aromatic heterocycles. The summed E-state index contributed by atoms with van der Waals surface area (Å²) in [6, 6.07) is 0.898. The molecule has 0 radical (unpaired) electrons. The van der Waals surface area contributed by atoms with E-state index in [2.05, 4.69) is 45.0 Å².